The van der Waals surface area contributed by atoms with E-state index >= 15 is 0 Å². The summed E-state index contributed by atoms with van der Waals surface area (Å²) in [6.07, 6.45) is 13.4. The molecule has 18 heavy (non-hydrogen) atoms. The van der Waals surface area contributed by atoms with Crippen molar-refractivity contribution >= 4 is 0 Å². The van der Waals surface area contributed by atoms with E-state index in [0.717, 1.165) is 36.1 Å². The van der Waals surface area contributed by atoms with Crippen molar-refractivity contribution in [1.29, 1.82) is 0 Å². The lowest BCUT2D eigenvalue weighted by atomic mass is 9.50. The Balaban J connectivity index is 1.64. The van der Waals surface area contributed by atoms with Crippen molar-refractivity contribution in [3.63, 3.8) is 0 Å². The number of rotatable bonds is 3. The molecule has 0 saturated heterocycles. The topological polar surface area (TPSA) is 43.8 Å². The Morgan fingerprint density at radius 2 is 1.78 bits per heavy atom. The molecule has 4 bridgehead atoms. The van der Waals surface area contributed by atoms with Crippen LogP contribution in [0.25, 0.3) is 0 Å². The maximum Gasteiger partial charge on any atom is 0.0949 e. The van der Waals surface area contributed by atoms with Gasteiger partial charge in [0.15, 0.2) is 0 Å². The van der Waals surface area contributed by atoms with Crippen LogP contribution < -0.4 is 5.73 Å². The Labute approximate surface area is 109 Å². The molecule has 4 saturated carbocycles. The summed E-state index contributed by atoms with van der Waals surface area (Å²) in [5.41, 5.74) is 6.10. The predicted molar refractivity (Wildman–Crippen MR) is 70.9 cm³/mol. The fourth-order valence-electron chi connectivity index (χ4n) is 5.54. The van der Waals surface area contributed by atoms with Gasteiger partial charge < -0.3 is 10.3 Å². The summed E-state index contributed by atoms with van der Waals surface area (Å²) >= 11 is 0. The molecule has 3 heteroatoms. The lowest BCUT2D eigenvalue weighted by Crippen LogP contribution is -2.49. The molecule has 3 nitrogen and oxygen atoms in total. The Morgan fingerprint density at radius 1 is 1.11 bits per heavy atom. The second kappa shape index (κ2) is 4.09. The van der Waals surface area contributed by atoms with Crippen molar-refractivity contribution in [1.82, 2.24) is 9.55 Å². The smallest absolute Gasteiger partial charge is 0.0949 e. The van der Waals surface area contributed by atoms with Crippen LogP contribution in [-0.4, -0.2) is 16.1 Å². The first-order chi connectivity index (χ1) is 8.85. The average molecular weight is 245 g/mol. The largest absolute Gasteiger partial charge is 0.333 e. The summed E-state index contributed by atoms with van der Waals surface area (Å²) in [6, 6.07) is 0.488. The average Bonchev–Trinajstić information content (AvgIpc) is 2.86. The molecule has 4 aliphatic rings. The number of nitrogens with zero attached hydrogens (tertiary/aromatic N) is 2. The third-order valence-corrected chi connectivity index (χ3v) is 5.89. The Morgan fingerprint density at radius 3 is 2.28 bits per heavy atom. The van der Waals surface area contributed by atoms with E-state index in [2.05, 4.69) is 15.7 Å². The van der Waals surface area contributed by atoms with Gasteiger partial charge in [0, 0.05) is 18.9 Å². The van der Waals surface area contributed by atoms with Crippen LogP contribution >= 0.6 is 0 Å². The molecular formula is C15H23N3. The van der Waals surface area contributed by atoms with Gasteiger partial charge in [0.2, 0.25) is 0 Å². The predicted octanol–water partition coefficient (Wildman–Crippen LogP) is 2.46. The first-order valence-corrected chi connectivity index (χ1v) is 7.52. The van der Waals surface area contributed by atoms with Gasteiger partial charge in [-0.05, 0) is 61.7 Å². The monoisotopic (exact) mass is 245 g/mol. The maximum absolute atomic E-state index is 6.10. The zero-order valence-corrected chi connectivity index (χ0v) is 10.9. The number of hydrogen-bond acceptors (Lipinski definition) is 2. The Bertz CT molecular complexity index is 383. The lowest BCUT2D eigenvalue weighted by molar-refractivity contribution is -0.0569. The first-order valence-electron chi connectivity index (χ1n) is 7.52. The molecular weight excluding hydrogens is 222 g/mol. The van der Waals surface area contributed by atoms with E-state index in [0.29, 0.717) is 6.04 Å². The number of hydrogen-bond donors (Lipinski definition) is 1. The third kappa shape index (κ3) is 1.56. The van der Waals surface area contributed by atoms with Crippen LogP contribution in [0.5, 0.6) is 0 Å². The fraction of sp³-hybridized carbons (Fsp3) is 0.800. The molecule has 5 rings (SSSR count). The maximum atomic E-state index is 6.10. The number of aromatic nitrogens is 2. The van der Waals surface area contributed by atoms with Crippen molar-refractivity contribution in [2.75, 3.05) is 6.54 Å². The van der Waals surface area contributed by atoms with Crippen LogP contribution in [0.1, 0.15) is 38.1 Å². The lowest BCUT2D eigenvalue weighted by Gasteiger charge is -2.56. The molecule has 1 unspecified atom stereocenters. The van der Waals surface area contributed by atoms with Gasteiger partial charge in [-0.1, -0.05) is 0 Å². The first kappa shape index (κ1) is 11.0. The normalized spacial score (nSPS) is 43.3. The van der Waals surface area contributed by atoms with Gasteiger partial charge in [-0.15, -0.1) is 0 Å². The van der Waals surface area contributed by atoms with Crippen LogP contribution in [0.3, 0.4) is 0 Å². The zero-order valence-electron chi connectivity index (χ0n) is 10.9. The van der Waals surface area contributed by atoms with E-state index in [-0.39, 0.29) is 0 Å². The summed E-state index contributed by atoms with van der Waals surface area (Å²) in [6.45, 7) is 0.767. The quantitative estimate of drug-likeness (QED) is 0.889. The Hall–Kier alpha value is -0.830. The van der Waals surface area contributed by atoms with E-state index in [4.69, 9.17) is 5.73 Å². The molecule has 1 aromatic rings. The zero-order chi connectivity index (χ0) is 12.1. The molecule has 0 spiro atoms. The molecule has 4 fully saturated rings. The highest BCUT2D eigenvalue weighted by atomic mass is 15.1. The molecule has 0 aliphatic heterocycles. The molecule has 1 aromatic heterocycles. The van der Waals surface area contributed by atoms with Gasteiger partial charge in [-0.25, -0.2) is 4.98 Å². The summed E-state index contributed by atoms with van der Waals surface area (Å²) in [7, 11) is 0. The second-order valence-corrected chi connectivity index (χ2v) is 6.82. The third-order valence-electron chi connectivity index (χ3n) is 5.89. The minimum Gasteiger partial charge on any atom is -0.333 e. The summed E-state index contributed by atoms with van der Waals surface area (Å²) in [4.78, 5) is 4.21. The van der Waals surface area contributed by atoms with Crippen LogP contribution in [0.2, 0.25) is 0 Å². The van der Waals surface area contributed by atoms with Gasteiger partial charge >= 0.3 is 0 Å². The molecule has 2 N–H and O–H groups in total. The van der Waals surface area contributed by atoms with E-state index in [1.807, 2.05) is 12.5 Å². The number of nitrogens with two attached hydrogens (primary N) is 1. The summed E-state index contributed by atoms with van der Waals surface area (Å²) in [5, 5.41) is 0. The van der Waals surface area contributed by atoms with Gasteiger partial charge in [0.05, 0.1) is 12.4 Å². The highest BCUT2D eigenvalue weighted by Gasteiger charge is 2.50. The highest BCUT2D eigenvalue weighted by molar-refractivity contribution is 5.02. The minimum atomic E-state index is 0.488. The van der Waals surface area contributed by atoms with Gasteiger partial charge in [-0.3, -0.25) is 0 Å². The number of imidazole rings is 1. The molecule has 98 valence electrons. The van der Waals surface area contributed by atoms with E-state index in [1.165, 1.54) is 32.1 Å². The molecule has 0 amide bonds. The van der Waals surface area contributed by atoms with Gasteiger partial charge in [0.1, 0.15) is 0 Å². The molecule has 1 heterocycles. The van der Waals surface area contributed by atoms with Crippen LogP contribution in [-0.2, 0) is 0 Å². The second-order valence-electron chi connectivity index (χ2n) is 6.82. The molecule has 1 atom stereocenters. The molecule has 0 aromatic carbocycles. The highest BCUT2D eigenvalue weighted by Crippen LogP contribution is 2.58. The SMILES string of the molecule is NCC(C1C2CC3CC(C2)CC1C3)n1ccnc1. The molecule has 4 aliphatic carbocycles. The molecule has 0 radical (unpaired) electrons. The van der Waals surface area contributed by atoms with E-state index in [1.54, 1.807) is 0 Å². The van der Waals surface area contributed by atoms with Crippen LogP contribution in [0.15, 0.2) is 18.7 Å². The van der Waals surface area contributed by atoms with Crippen LogP contribution in [0.4, 0.5) is 0 Å². The van der Waals surface area contributed by atoms with Crippen molar-refractivity contribution in [3.8, 4) is 0 Å². The summed E-state index contributed by atoms with van der Waals surface area (Å²) in [5.74, 6) is 4.79. The van der Waals surface area contributed by atoms with Crippen molar-refractivity contribution < 1.29 is 0 Å². The van der Waals surface area contributed by atoms with Crippen molar-refractivity contribution in [2.24, 2.45) is 35.3 Å². The minimum absolute atomic E-state index is 0.488. The Kier molecular flexibility index (Phi) is 2.51. The van der Waals surface area contributed by atoms with Crippen molar-refractivity contribution in [3.05, 3.63) is 18.7 Å². The fourth-order valence-corrected chi connectivity index (χ4v) is 5.54. The van der Waals surface area contributed by atoms with Crippen molar-refractivity contribution in [2.45, 2.75) is 38.1 Å². The summed E-state index contributed by atoms with van der Waals surface area (Å²) < 4.78 is 2.27. The standard InChI is InChI=1S/C15H23N3/c16-8-14(18-2-1-17-9-18)15-12-4-10-3-11(6-12)7-13(15)5-10/h1-2,9-15H,3-8,16H2. The van der Waals surface area contributed by atoms with Gasteiger partial charge in [-0.2, -0.15) is 0 Å². The van der Waals surface area contributed by atoms with Gasteiger partial charge in [0.25, 0.3) is 0 Å². The van der Waals surface area contributed by atoms with E-state index < -0.39 is 0 Å². The van der Waals surface area contributed by atoms with E-state index in [9.17, 15) is 0 Å². The van der Waals surface area contributed by atoms with Crippen LogP contribution in [0, 0.1) is 29.6 Å².